The number of benzene rings is 2. The van der Waals surface area contributed by atoms with Crippen molar-refractivity contribution in [1.82, 2.24) is 19.8 Å². The van der Waals surface area contributed by atoms with E-state index in [4.69, 9.17) is 16.3 Å². The Morgan fingerprint density at radius 3 is 2.70 bits per heavy atom. The number of hydrogen-bond donors (Lipinski definition) is 2. The van der Waals surface area contributed by atoms with E-state index < -0.39 is 0 Å². The predicted octanol–water partition coefficient (Wildman–Crippen LogP) is 6.67. The lowest BCUT2D eigenvalue weighted by atomic mass is 9.85. The Hall–Kier alpha value is -3.55. The van der Waals surface area contributed by atoms with Gasteiger partial charge in [0.25, 0.3) is 0 Å². The minimum absolute atomic E-state index is 0.0527. The number of anilines is 1. The molecule has 7 nitrogen and oxygen atoms in total. The Balaban J connectivity index is 1.07. The lowest BCUT2D eigenvalue weighted by Crippen LogP contribution is -2.53. The van der Waals surface area contributed by atoms with E-state index in [9.17, 15) is 4.79 Å². The molecule has 190 valence electrons. The number of piperidine rings is 1. The number of carbonyl (C=O) groups is 1. The van der Waals surface area contributed by atoms with Crippen molar-refractivity contribution in [2.75, 3.05) is 25.0 Å². The molecule has 2 N–H and O–H groups in total. The van der Waals surface area contributed by atoms with Crippen molar-refractivity contribution < 1.29 is 9.53 Å². The summed E-state index contributed by atoms with van der Waals surface area (Å²) < 4.78 is 6.05. The standard InChI is InChI=1S/C29H30ClN5O2/c30-23-5-7-25(8-6-23)37-26-4-1-3-21(17-26)20-35-14-2-10-29(35)11-15-34(16-12-29)28(36)33-24-18-22-9-13-31-27(22)32-19-24/h1,3-9,13,17-19H,2,10-12,14-16,20H2,(H,31,32)(H,33,36). The number of likely N-dealkylation sites (tertiary alicyclic amines) is 2. The van der Waals surface area contributed by atoms with Gasteiger partial charge < -0.3 is 19.9 Å². The molecule has 2 aliphatic heterocycles. The zero-order chi connectivity index (χ0) is 25.2. The summed E-state index contributed by atoms with van der Waals surface area (Å²) in [6.45, 7) is 3.47. The van der Waals surface area contributed by atoms with Gasteiger partial charge in [0.15, 0.2) is 0 Å². The fourth-order valence-electron chi connectivity index (χ4n) is 5.71. The minimum Gasteiger partial charge on any atom is -0.457 e. The first kappa shape index (κ1) is 23.8. The van der Waals surface area contributed by atoms with E-state index in [0.29, 0.717) is 5.02 Å². The summed E-state index contributed by atoms with van der Waals surface area (Å²) in [6.07, 6.45) is 7.88. The molecule has 2 aromatic heterocycles. The quantitative estimate of drug-likeness (QED) is 0.311. The molecule has 2 amide bonds. The molecule has 0 radical (unpaired) electrons. The van der Waals surface area contributed by atoms with E-state index in [-0.39, 0.29) is 11.6 Å². The zero-order valence-corrected chi connectivity index (χ0v) is 21.4. The van der Waals surface area contributed by atoms with E-state index >= 15 is 0 Å². The fourth-order valence-corrected chi connectivity index (χ4v) is 5.84. The van der Waals surface area contributed by atoms with Crippen LogP contribution in [0.1, 0.15) is 31.2 Å². The van der Waals surface area contributed by atoms with Crippen LogP contribution in [0.5, 0.6) is 11.5 Å². The summed E-state index contributed by atoms with van der Waals surface area (Å²) in [5.41, 5.74) is 2.93. The molecule has 1 spiro atoms. The fraction of sp³-hybridized carbons (Fsp3) is 0.310. The molecule has 6 rings (SSSR count). The molecule has 37 heavy (non-hydrogen) atoms. The number of nitrogens with one attached hydrogen (secondary N) is 2. The second-order valence-corrected chi connectivity index (χ2v) is 10.4. The SMILES string of the molecule is O=C(Nc1cnc2[nH]ccc2c1)N1CCC2(CCCN2Cc2cccc(Oc3ccc(Cl)cc3)c2)CC1. The molecule has 2 saturated heterocycles. The van der Waals surface area contributed by atoms with Gasteiger partial charge in [-0.05, 0) is 86.3 Å². The van der Waals surface area contributed by atoms with Crippen LogP contribution < -0.4 is 10.1 Å². The summed E-state index contributed by atoms with van der Waals surface area (Å²) in [7, 11) is 0. The molecule has 2 aliphatic rings. The Labute approximate surface area is 221 Å². The molecule has 8 heteroatoms. The van der Waals surface area contributed by atoms with Crippen molar-refractivity contribution in [2.24, 2.45) is 0 Å². The van der Waals surface area contributed by atoms with Crippen LogP contribution in [0.15, 0.2) is 73.1 Å². The zero-order valence-electron chi connectivity index (χ0n) is 20.6. The Kier molecular flexibility index (Phi) is 6.49. The Morgan fingerprint density at radius 1 is 1.03 bits per heavy atom. The second kappa shape index (κ2) is 10.1. The molecule has 0 unspecified atom stereocenters. The first-order valence-electron chi connectivity index (χ1n) is 12.8. The van der Waals surface area contributed by atoms with Gasteiger partial charge in [0.1, 0.15) is 17.1 Å². The second-order valence-electron chi connectivity index (χ2n) is 10.0. The summed E-state index contributed by atoms with van der Waals surface area (Å²) in [4.78, 5) is 25.0. The van der Waals surface area contributed by atoms with Gasteiger partial charge in [-0.15, -0.1) is 0 Å². The van der Waals surface area contributed by atoms with Gasteiger partial charge in [-0.25, -0.2) is 9.78 Å². The molecule has 2 aromatic carbocycles. The summed E-state index contributed by atoms with van der Waals surface area (Å²) >= 11 is 5.99. The van der Waals surface area contributed by atoms with E-state index in [2.05, 4.69) is 38.4 Å². The van der Waals surface area contributed by atoms with E-state index in [1.54, 1.807) is 6.20 Å². The van der Waals surface area contributed by atoms with Crippen molar-refractivity contribution in [2.45, 2.75) is 37.8 Å². The van der Waals surface area contributed by atoms with Crippen molar-refractivity contribution in [3.8, 4) is 11.5 Å². The number of rotatable bonds is 5. The highest BCUT2D eigenvalue weighted by Crippen LogP contribution is 2.40. The highest BCUT2D eigenvalue weighted by atomic mass is 35.5. The van der Waals surface area contributed by atoms with Crippen molar-refractivity contribution in [3.05, 3.63) is 83.6 Å². The van der Waals surface area contributed by atoms with Gasteiger partial charge in [0.05, 0.1) is 11.9 Å². The van der Waals surface area contributed by atoms with E-state index in [0.717, 1.165) is 67.2 Å². The Bertz CT molecular complexity index is 1390. The van der Waals surface area contributed by atoms with Crippen LogP contribution in [0.3, 0.4) is 0 Å². The number of halogens is 1. The molecule has 4 aromatic rings. The van der Waals surface area contributed by atoms with Gasteiger partial charge in [0.2, 0.25) is 0 Å². The number of aromatic amines is 1. The van der Waals surface area contributed by atoms with E-state index in [1.807, 2.05) is 53.6 Å². The molecule has 0 saturated carbocycles. The van der Waals surface area contributed by atoms with E-state index in [1.165, 1.54) is 18.4 Å². The van der Waals surface area contributed by atoms with Crippen LogP contribution in [-0.2, 0) is 6.54 Å². The minimum atomic E-state index is -0.0527. The summed E-state index contributed by atoms with van der Waals surface area (Å²) in [5.74, 6) is 1.60. The number of fused-ring (bicyclic) bond motifs is 1. The molecule has 0 bridgehead atoms. The highest BCUT2D eigenvalue weighted by molar-refractivity contribution is 6.30. The third-order valence-corrected chi connectivity index (χ3v) is 7.95. The first-order chi connectivity index (χ1) is 18.1. The summed E-state index contributed by atoms with van der Waals surface area (Å²) in [5, 5.41) is 4.71. The number of aromatic nitrogens is 2. The van der Waals surface area contributed by atoms with Gasteiger partial charge >= 0.3 is 6.03 Å². The maximum atomic E-state index is 13.0. The van der Waals surface area contributed by atoms with Crippen molar-refractivity contribution >= 4 is 34.4 Å². The number of nitrogens with zero attached hydrogens (tertiary/aromatic N) is 3. The number of H-pyrrole nitrogens is 1. The number of carbonyl (C=O) groups excluding carboxylic acids is 1. The lowest BCUT2D eigenvalue weighted by molar-refractivity contribution is 0.0610. The molecule has 0 atom stereocenters. The third-order valence-electron chi connectivity index (χ3n) is 7.69. The van der Waals surface area contributed by atoms with Gasteiger partial charge in [-0.2, -0.15) is 0 Å². The largest absolute Gasteiger partial charge is 0.457 e. The van der Waals surface area contributed by atoms with Crippen molar-refractivity contribution in [1.29, 1.82) is 0 Å². The van der Waals surface area contributed by atoms with Crippen LogP contribution in [-0.4, -0.2) is 51.0 Å². The van der Waals surface area contributed by atoms with Crippen LogP contribution >= 0.6 is 11.6 Å². The molecule has 2 fully saturated rings. The Morgan fingerprint density at radius 2 is 1.86 bits per heavy atom. The maximum absolute atomic E-state index is 13.0. The van der Waals surface area contributed by atoms with Crippen molar-refractivity contribution in [3.63, 3.8) is 0 Å². The van der Waals surface area contributed by atoms with Crippen LogP contribution in [0.25, 0.3) is 11.0 Å². The van der Waals surface area contributed by atoms with Gasteiger partial charge in [0, 0.05) is 41.8 Å². The predicted molar refractivity (Wildman–Crippen MR) is 146 cm³/mol. The molecule has 4 heterocycles. The maximum Gasteiger partial charge on any atom is 0.321 e. The van der Waals surface area contributed by atoms with Crippen LogP contribution in [0.4, 0.5) is 10.5 Å². The lowest BCUT2D eigenvalue weighted by Gasteiger charge is -2.45. The third kappa shape index (κ3) is 5.15. The van der Waals surface area contributed by atoms with Crippen LogP contribution in [0, 0.1) is 0 Å². The monoisotopic (exact) mass is 515 g/mol. The van der Waals surface area contributed by atoms with Gasteiger partial charge in [-0.3, -0.25) is 4.90 Å². The average Bonchev–Trinajstić information content (AvgIpc) is 3.53. The topological polar surface area (TPSA) is 73.5 Å². The number of urea groups is 1. The number of ether oxygens (including phenoxy) is 1. The number of amides is 2. The molecule has 0 aliphatic carbocycles. The van der Waals surface area contributed by atoms with Gasteiger partial charge in [-0.1, -0.05) is 23.7 Å². The highest BCUT2D eigenvalue weighted by Gasteiger charge is 2.43. The number of pyridine rings is 1. The van der Waals surface area contributed by atoms with Crippen LogP contribution in [0.2, 0.25) is 5.02 Å². The smallest absolute Gasteiger partial charge is 0.321 e. The summed E-state index contributed by atoms with van der Waals surface area (Å²) in [6, 6.07) is 19.6. The first-order valence-corrected chi connectivity index (χ1v) is 13.2. The molecular formula is C29H30ClN5O2. The average molecular weight is 516 g/mol. The number of hydrogen-bond acceptors (Lipinski definition) is 4. The normalized spacial score (nSPS) is 17.4. The molecular weight excluding hydrogens is 486 g/mol.